The number of para-hydroxylation sites is 1. The van der Waals surface area contributed by atoms with Gasteiger partial charge in [0.2, 0.25) is 5.95 Å². The molecule has 1 aromatic heterocycles. The van der Waals surface area contributed by atoms with Crippen LogP contribution in [0.25, 0.3) is 11.0 Å². The zero-order valence-corrected chi connectivity index (χ0v) is 11.1. The lowest BCUT2D eigenvalue weighted by Crippen LogP contribution is -2.03. The number of fused-ring (bicyclic) bond motifs is 1. The monoisotopic (exact) mass is 247 g/mol. The molecule has 18 heavy (non-hydrogen) atoms. The van der Waals surface area contributed by atoms with Crippen molar-refractivity contribution < 1.29 is 4.74 Å². The fourth-order valence-corrected chi connectivity index (χ4v) is 2.17. The number of nitrogen functional groups attached to an aromatic ring is 1. The number of hydrogen-bond donors (Lipinski definition) is 1. The second kappa shape index (κ2) is 5.76. The van der Waals surface area contributed by atoms with Crippen LogP contribution < -0.4 is 10.5 Å². The molecule has 0 spiro atoms. The Hall–Kier alpha value is -1.71. The number of anilines is 1. The number of nitrogens with zero attached hydrogens (tertiary/aromatic N) is 2. The average Bonchev–Trinajstić information content (AvgIpc) is 2.68. The van der Waals surface area contributed by atoms with Crippen molar-refractivity contribution in [2.75, 3.05) is 12.3 Å². The van der Waals surface area contributed by atoms with Gasteiger partial charge in [0.05, 0.1) is 12.1 Å². The molecule has 2 aromatic rings. The van der Waals surface area contributed by atoms with Gasteiger partial charge in [-0.1, -0.05) is 25.8 Å². The van der Waals surface area contributed by atoms with E-state index in [2.05, 4.69) is 16.5 Å². The Morgan fingerprint density at radius 3 is 2.83 bits per heavy atom. The fourth-order valence-electron chi connectivity index (χ4n) is 2.17. The van der Waals surface area contributed by atoms with Crippen LogP contribution in [0.15, 0.2) is 18.2 Å². The van der Waals surface area contributed by atoms with Crippen LogP contribution in [0.4, 0.5) is 5.95 Å². The maximum atomic E-state index is 6.00. The molecule has 2 N–H and O–H groups in total. The summed E-state index contributed by atoms with van der Waals surface area (Å²) in [5, 5.41) is 0. The van der Waals surface area contributed by atoms with Crippen molar-refractivity contribution >= 4 is 17.0 Å². The maximum absolute atomic E-state index is 6.00. The lowest BCUT2D eigenvalue weighted by molar-refractivity contribution is 0.343. The first-order chi connectivity index (χ1) is 8.77. The summed E-state index contributed by atoms with van der Waals surface area (Å²) in [5.74, 6) is 1.39. The van der Waals surface area contributed by atoms with Crippen LogP contribution in [0, 0.1) is 0 Å². The fraction of sp³-hybridized carbons (Fsp3) is 0.500. The Labute approximate surface area is 108 Å². The van der Waals surface area contributed by atoms with Gasteiger partial charge in [0.25, 0.3) is 0 Å². The minimum absolute atomic E-state index is 0.577. The molecular formula is C14H21N3O. The largest absolute Gasteiger partial charge is 0.492 e. The first-order valence-electron chi connectivity index (χ1n) is 6.65. The minimum Gasteiger partial charge on any atom is -0.492 e. The lowest BCUT2D eigenvalue weighted by Gasteiger charge is -2.06. The highest BCUT2D eigenvalue weighted by molar-refractivity contribution is 5.84. The van der Waals surface area contributed by atoms with Crippen molar-refractivity contribution in [2.45, 2.75) is 39.7 Å². The Morgan fingerprint density at radius 2 is 2.11 bits per heavy atom. The van der Waals surface area contributed by atoms with Crippen LogP contribution in [-0.2, 0) is 6.54 Å². The van der Waals surface area contributed by atoms with Crippen molar-refractivity contribution in [1.82, 2.24) is 9.55 Å². The molecule has 0 atom stereocenters. The van der Waals surface area contributed by atoms with Gasteiger partial charge in [-0.05, 0) is 25.5 Å². The zero-order valence-electron chi connectivity index (χ0n) is 11.1. The predicted octanol–water partition coefficient (Wildman–Crippen LogP) is 3.21. The zero-order chi connectivity index (χ0) is 13.0. The third kappa shape index (κ3) is 2.42. The number of imidazole rings is 1. The van der Waals surface area contributed by atoms with Crippen molar-refractivity contribution in [1.29, 1.82) is 0 Å². The molecule has 0 fully saturated rings. The van der Waals surface area contributed by atoms with E-state index in [0.717, 1.165) is 29.7 Å². The first kappa shape index (κ1) is 12.7. The Bertz CT molecular complexity index is 519. The molecule has 0 aliphatic rings. The second-order valence-electron chi connectivity index (χ2n) is 4.39. The lowest BCUT2D eigenvalue weighted by atomic mass is 10.2. The van der Waals surface area contributed by atoms with E-state index in [0.29, 0.717) is 12.6 Å². The molecule has 0 bridgehead atoms. The predicted molar refractivity (Wildman–Crippen MR) is 74.8 cm³/mol. The molecule has 2 rings (SSSR count). The van der Waals surface area contributed by atoms with Gasteiger partial charge < -0.3 is 15.0 Å². The number of nitrogens with two attached hydrogens (primary N) is 1. The number of benzene rings is 1. The van der Waals surface area contributed by atoms with Gasteiger partial charge in [-0.2, -0.15) is 0 Å². The molecule has 98 valence electrons. The average molecular weight is 247 g/mol. The van der Waals surface area contributed by atoms with Crippen LogP contribution in [0.2, 0.25) is 0 Å². The Balaban J connectivity index is 2.35. The van der Waals surface area contributed by atoms with Crippen molar-refractivity contribution in [3.63, 3.8) is 0 Å². The van der Waals surface area contributed by atoms with E-state index in [1.165, 1.54) is 12.8 Å². The van der Waals surface area contributed by atoms with Crippen LogP contribution in [0.5, 0.6) is 5.75 Å². The number of unbranched alkanes of at least 4 members (excludes halogenated alkanes) is 2. The minimum atomic E-state index is 0.577. The molecule has 4 nitrogen and oxygen atoms in total. The number of rotatable bonds is 6. The highest BCUT2D eigenvalue weighted by atomic mass is 16.5. The third-order valence-electron chi connectivity index (χ3n) is 3.06. The number of aromatic nitrogens is 2. The molecule has 1 heterocycles. The summed E-state index contributed by atoms with van der Waals surface area (Å²) in [7, 11) is 0. The van der Waals surface area contributed by atoms with E-state index in [1.54, 1.807) is 0 Å². The number of ether oxygens (including phenoxy) is 1. The van der Waals surface area contributed by atoms with E-state index in [9.17, 15) is 0 Å². The highest BCUT2D eigenvalue weighted by Crippen LogP contribution is 2.27. The Kier molecular flexibility index (Phi) is 4.07. The maximum Gasteiger partial charge on any atom is 0.201 e. The van der Waals surface area contributed by atoms with E-state index < -0.39 is 0 Å². The van der Waals surface area contributed by atoms with Gasteiger partial charge in [-0.3, -0.25) is 0 Å². The number of aryl methyl sites for hydroxylation is 1. The topological polar surface area (TPSA) is 53.1 Å². The molecule has 0 aliphatic carbocycles. The summed E-state index contributed by atoms with van der Waals surface area (Å²) >= 11 is 0. The van der Waals surface area contributed by atoms with Crippen molar-refractivity contribution in [3.8, 4) is 5.75 Å². The molecule has 0 saturated carbocycles. The molecule has 0 aliphatic heterocycles. The summed E-state index contributed by atoms with van der Waals surface area (Å²) in [6, 6.07) is 5.98. The van der Waals surface area contributed by atoms with Crippen LogP contribution in [-0.4, -0.2) is 16.2 Å². The summed E-state index contributed by atoms with van der Waals surface area (Å²) in [5.41, 5.74) is 7.93. The first-order valence-corrected chi connectivity index (χ1v) is 6.65. The van der Waals surface area contributed by atoms with E-state index in [1.807, 2.05) is 25.1 Å². The normalized spacial score (nSPS) is 11.0. The van der Waals surface area contributed by atoms with Gasteiger partial charge in [-0.15, -0.1) is 0 Å². The summed E-state index contributed by atoms with van der Waals surface area (Å²) in [6.07, 6.45) is 3.55. The van der Waals surface area contributed by atoms with Gasteiger partial charge in [-0.25, -0.2) is 4.98 Å². The highest BCUT2D eigenvalue weighted by Gasteiger charge is 2.11. The van der Waals surface area contributed by atoms with Gasteiger partial charge >= 0.3 is 0 Å². The second-order valence-corrected chi connectivity index (χ2v) is 4.39. The third-order valence-corrected chi connectivity index (χ3v) is 3.06. The van der Waals surface area contributed by atoms with Gasteiger partial charge in [0.1, 0.15) is 11.3 Å². The molecule has 0 amide bonds. The van der Waals surface area contributed by atoms with E-state index >= 15 is 0 Å². The standard InChI is InChI=1S/C14H21N3O/c1-3-5-6-10-17-11-8-7-9-12(18-4-2)13(11)16-14(17)15/h7-9H,3-6,10H2,1-2H3,(H2,15,16). The molecule has 0 unspecified atom stereocenters. The molecule has 1 aromatic carbocycles. The number of hydrogen-bond acceptors (Lipinski definition) is 3. The van der Waals surface area contributed by atoms with Crippen molar-refractivity contribution in [2.24, 2.45) is 0 Å². The van der Waals surface area contributed by atoms with Gasteiger partial charge in [0, 0.05) is 6.54 Å². The smallest absolute Gasteiger partial charge is 0.201 e. The van der Waals surface area contributed by atoms with Crippen LogP contribution >= 0.6 is 0 Å². The molecule has 0 saturated heterocycles. The van der Waals surface area contributed by atoms with Gasteiger partial charge in [0.15, 0.2) is 0 Å². The summed E-state index contributed by atoms with van der Waals surface area (Å²) < 4.78 is 7.66. The molecule has 0 radical (unpaired) electrons. The van der Waals surface area contributed by atoms with Crippen LogP contribution in [0.3, 0.4) is 0 Å². The molecule has 4 heteroatoms. The van der Waals surface area contributed by atoms with E-state index in [-0.39, 0.29) is 0 Å². The van der Waals surface area contributed by atoms with Crippen molar-refractivity contribution in [3.05, 3.63) is 18.2 Å². The quantitative estimate of drug-likeness (QED) is 0.797. The summed E-state index contributed by atoms with van der Waals surface area (Å²) in [6.45, 7) is 5.73. The van der Waals surface area contributed by atoms with Crippen LogP contribution in [0.1, 0.15) is 33.1 Å². The Morgan fingerprint density at radius 1 is 1.28 bits per heavy atom. The van der Waals surface area contributed by atoms with E-state index in [4.69, 9.17) is 10.5 Å². The SMILES string of the molecule is CCCCCn1c(N)nc2c(OCC)cccc21. The summed E-state index contributed by atoms with van der Waals surface area (Å²) in [4.78, 5) is 4.43. The molecular weight excluding hydrogens is 226 g/mol.